The predicted octanol–water partition coefficient (Wildman–Crippen LogP) is 2.26. The molecule has 0 radical (unpaired) electrons. The zero-order valence-corrected chi connectivity index (χ0v) is 11.8. The van der Waals surface area contributed by atoms with E-state index in [0.29, 0.717) is 13.2 Å². The van der Waals surface area contributed by atoms with Gasteiger partial charge in [0.15, 0.2) is 0 Å². The van der Waals surface area contributed by atoms with Crippen molar-refractivity contribution in [3.8, 4) is 0 Å². The van der Waals surface area contributed by atoms with Crippen molar-refractivity contribution < 1.29 is 9.84 Å². The van der Waals surface area contributed by atoms with E-state index in [1.165, 1.54) is 5.56 Å². The van der Waals surface area contributed by atoms with Crippen LogP contribution < -0.4 is 5.32 Å². The third-order valence-corrected chi connectivity index (χ3v) is 2.72. The van der Waals surface area contributed by atoms with Crippen molar-refractivity contribution in [3.05, 3.63) is 34.9 Å². The fourth-order valence-corrected chi connectivity index (χ4v) is 1.77. The molecule has 0 bridgehead atoms. The number of rotatable bonds is 8. The van der Waals surface area contributed by atoms with E-state index in [0.717, 1.165) is 18.0 Å². The molecule has 0 heterocycles. The Morgan fingerprint density at radius 1 is 1.39 bits per heavy atom. The van der Waals surface area contributed by atoms with Crippen molar-refractivity contribution in [2.75, 3.05) is 19.7 Å². The van der Waals surface area contributed by atoms with Gasteiger partial charge in [0, 0.05) is 11.6 Å². The monoisotopic (exact) mass is 271 g/mol. The first kappa shape index (κ1) is 15.4. The minimum atomic E-state index is -0.452. The molecule has 4 heteroatoms. The molecule has 1 aromatic carbocycles. The van der Waals surface area contributed by atoms with Gasteiger partial charge in [-0.15, -0.1) is 0 Å². The van der Waals surface area contributed by atoms with E-state index in [1.807, 2.05) is 38.1 Å². The van der Waals surface area contributed by atoms with E-state index in [9.17, 15) is 5.11 Å². The van der Waals surface area contributed by atoms with E-state index in [4.69, 9.17) is 16.3 Å². The van der Waals surface area contributed by atoms with Gasteiger partial charge in [0.1, 0.15) is 0 Å². The van der Waals surface area contributed by atoms with Gasteiger partial charge >= 0.3 is 0 Å². The molecule has 0 aromatic heterocycles. The van der Waals surface area contributed by atoms with E-state index < -0.39 is 6.10 Å². The van der Waals surface area contributed by atoms with Crippen molar-refractivity contribution in [1.82, 2.24) is 5.32 Å². The molecule has 3 nitrogen and oxygen atoms in total. The van der Waals surface area contributed by atoms with E-state index in [1.54, 1.807) is 0 Å². The summed E-state index contributed by atoms with van der Waals surface area (Å²) in [5.41, 5.74) is 1.20. The normalized spacial score (nSPS) is 12.9. The Kier molecular flexibility index (Phi) is 7.28. The molecule has 1 rings (SSSR count). The second-order valence-electron chi connectivity index (χ2n) is 4.62. The number of ether oxygens (including phenoxy) is 1. The van der Waals surface area contributed by atoms with Crippen LogP contribution in [0.25, 0.3) is 0 Å². The maximum atomic E-state index is 9.63. The quantitative estimate of drug-likeness (QED) is 0.713. The SMILES string of the molecule is CC(C)OCC(O)CNCCc1cccc(Cl)c1. The Hall–Kier alpha value is -0.610. The van der Waals surface area contributed by atoms with Gasteiger partial charge in [0.25, 0.3) is 0 Å². The Bertz CT molecular complexity index is 344. The molecule has 102 valence electrons. The molecule has 0 spiro atoms. The van der Waals surface area contributed by atoms with Crippen LogP contribution in [-0.4, -0.2) is 37.0 Å². The molecule has 1 atom stereocenters. The fraction of sp³-hybridized carbons (Fsp3) is 0.571. The standard InChI is InChI=1S/C14H22ClNO2/c1-11(2)18-10-14(17)9-16-7-6-12-4-3-5-13(15)8-12/h3-5,8,11,14,16-17H,6-7,9-10H2,1-2H3. The van der Waals surface area contributed by atoms with Crippen LogP contribution in [0.5, 0.6) is 0 Å². The minimum Gasteiger partial charge on any atom is -0.389 e. The summed E-state index contributed by atoms with van der Waals surface area (Å²) in [5.74, 6) is 0. The van der Waals surface area contributed by atoms with Crippen LogP contribution in [0.1, 0.15) is 19.4 Å². The van der Waals surface area contributed by atoms with Crippen LogP contribution in [-0.2, 0) is 11.2 Å². The van der Waals surface area contributed by atoms with Crippen molar-refractivity contribution >= 4 is 11.6 Å². The molecule has 0 saturated heterocycles. The van der Waals surface area contributed by atoms with Gasteiger partial charge in [-0.25, -0.2) is 0 Å². The van der Waals surface area contributed by atoms with Gasteiger partial charge in [-0.2, -0.15) is 0 Å². The summed E-state index contributed by atoms with van der Waals surface area (Å²) in [6.07, 6.45) is 0.607. The topological polar surface area (TPSA) is 41.5 Å². The summed E-state index contributed by atoms with van der Waals surface area (Å²) >= 11 is 5.90. The largest absolute Gasteiger partial charge is 0.389 e. The van der Waals surface area contributed by atoms with Crippen LogP contribution in [0, 0.1) is 0 Å². The number of hydrogen-bond acceptors (Lipinski definition) is 3. The summed E-state index contributed by atoms with van der Waals surface area (Å²) in [6, 6.07) is 7.82. The second kappa shape index (κ2) is 8.48. The van der Waals surface area contributed by atoms with Gasteiger partial charge in [-0.05, 0) is 44.5 Å². The van der Waals surface area contributed by atoms with Crippen molar-refractivity contribution in [3.63, 3.8) is 0 Å². The van der Waals surface area contributed by atoms with Crippen LogP contribution in [0.4, 0.5) is 0 Å². The molecule has 18 heavy (non-hydrogen) atoms. The maximum Gasteiger partial charge on any atom is 0.0897 e. The molecule has 1 aromatic rings. The molecule has 0 aliphatic rings. The Morgan fingerprint density at radius 2 is 2.17 bits per heavy atom. The zero-order valence-electron chi connectivity index (χ0n) is 11.0. The molecule has 0 aliphatic carbocycles. The Balaban J connectivity index is 2.11. The number of hydrogen-bond donors (Lipinski definition) is 2. The van der Waals surface area contributed by atoms with Crippen molar-refractivity contribution in [2.24, 2.45) is 0 Å². The summed E-state index contributed by atoms with van der Waals surface area (Å²) in [7, 11) is 0. The third kappa shape index (κ3) is 6.97. The molecule has 2 N–H and O–H groups in total. The van der Waals surface area contributed by atoms with Gasteiger partial charge in [0.05, 0.1) is 18.8 Å². The Labute approximate surface area is 114 Å². The average molecular weight is 272 g/mol. The Morgan fingerprint density at radius 3 is 2.83 bits per heavy atom. The van der Waals surface area contributed by atoms with Gasteiger partial charge in [-0.3, -0.25) is 0 Å². The highest BCUT2D eigenvalue weighted by Crippen LogP contribution is 2.10. The fourth-order valence-electron chi connectivity index (χ4n) is 1.56. The van der Waals surface area contributed by atoms with Gasteiger partial charge in [-0.1, -0.05) is 23.7 Å². The summed E-state index contributed by atoms with van der Waals surface area (Å²) in [4.78, 5) is 0. The van der Waals surface area contributed by atoms with Crippen molar-refractivity contribution in [1.29, 1.82) is 0 Å². The van der Waals surface area contributed by atoms with Crippen LogP contribution >= 0.6 is 11.6 Å². The minimum absolute atomic E-state index is 0.158. The lowest BCUT2D eigenvalue weighted by atomic mass is 10.1. The van der Waals surface area contributed by atoms with Crippen molar-refractivity contribution in [2.45, 2.75) is 32.5 Å². The number of aliphatic hydroxyl groups is 1. The van der Waals surface area contributed by atoms with E-state index in [2.05, 4.69) is 5.32 Å². The van der Waals surface area contributed by atoms with Gasteiger partial charge < -0.3 is 15.2 Å². The highest BCUT2D eigenvalue weighted by molar-refractivity contribution is 6.30. The summed E-state index contributed by atoms with van der Waals surface area (Å²) < 4.78 is 5.33. The summed E-state index contributed by atoms with van der Waals surface area (Å²) in [5, 5.41) is 13.6. The van der Waals surface area contributed by atoms with Crippen LogP contribution in [0.2, 0.25) is 5.02 Å². The lowest BCUT2D eigenvalue weighted by Gasteiger charge is -2.14. The summed E-state index contributed by atoms with van der Waals surface area (Å²) in [6.45, 7) is 5.66. The predicted molar refractivity (Wildman–Crippen MR) is 75.1 cm³/mol. The number of aliphatic hydroxyl groups excluding tert-OH is 1. The molecule has 0 aliphatic heterocycles. The van der Waals surface area contributed by atoms with E-state index in [-0.39, 0.29) is 6.10 Å². The molecular formula is C14H22ClNO2. The van der Waals surface area contributed by atoms with Gasteiger partial charge in [0.2, 0.25) is 0 Å². The number of benzene rings is 1. The zero-order chi connectivity index (χ0) is 13.4. The lowest BCUT2D eigenvalue weighted by molar-refractivity contribution is 0.00652. The number of halogens is 1. The molecule has 0 fully saturated rings. The maximum absolute atomic E-state index is 9.63. The molecular weight excluding hydrogens is 250 g/mol. The van der Waals surface area contributed by atoms with E-state index >= 15 is 0 Å². The average Bonchev–Trinajstić information content (AvgIpc) is 2.32. The van der Waals surface area contributed by atoms with Crippen LogP contribution in [0.3, 0.4) is 0 Å². The molecule has 1 unspecified atom stereocenters. The second-order valence-corrected chi connectivity index (χ2v) is 5.06. The van der Waals surface area contributed by atoms with Crippen LogP contribution in [0.15, 0.2) is 24.3 Å². The molecule has 0 saturated carbocycles. The number of nitrogens with one attached hydrogen (secondary N) is 1. The first-order valence-corrected chi connectivity index (χ1v) is 6.70. The highest BCUT2D eigenvalue weighted by atomic mass is 35.5. The smallest absolute Gasteiger partial charge is 0.0897 e. The highest BCUT2D eigenvalue weighted by Gasteiger charge is 2.04. The first-order chi connectivity index (χ1) is 8.58. The lowest BCUT2D eigenvalue weighted by Crippen LogP contribution is -2.32. The molecule has 0 amide bonds. The third-order valence-electron chi connectivity index (χ3n) is 2.48. The first-order valence-electron chi connectivity index (χ1n) is 6.32.